The summed E-state index contributed by atoms with van der Waals surface area (Å²) in [6.07, 6.45) is 6.67. The number of fused-ring (bicyclic) bond motifs is 2. The van der Waals surface area contributed by atoms with Gasteiger partial charge in [0.15, 0.2) is 0 Å². The predicted molar refractivity (Wildman–Crippen MR) is 111 cm³/mol. The van der Waals surface area contributed by atoms with Gasteiger partial charge in [-0.1, -0.05) is 49.6 Å². The highest BCUT2D eigenvalue weighted by Crippen LogP contribution is 2.37. The Hall–Kier alpha value is -2.62. The number of rotatable bonds is 2. The van der Waals surface area contributed by atoms with Crippen molar-refractivity contribution in [2.24, 2.45) is 11.8 Å². The lowest BCUT2D eigenvalue weighted by atomic mass is 9.75. The molecular formula is C25H27NO3. The number of hydrogen-bond acceptors (Lipinski definition) is 3. The molecule has 0 unspecified atom stereocenters. The normalized spacial score (nSPS) is 26.3. The monoisotopic (exact) mass is 389 g/mol. The average molecular weight is 389 g/mol. The van der Waals surface area contributed by atoms with Crippen molar-refractivity contribution in [2.45, 2.75) is 44.6 Å². The first-order valence-corrected chi connectivity index (χ1v) is 10.9. The van der Waals surface area contributed by atoms with Gasteiger partial charge in [-0.2, -0.15) is 0 Å². The quantitative estimate of drug-likeness (QED) is 0.694. The van der Waals surface area contributed by atoms with Gasteiger partial charge in [0.2, 0.25) is 0 Å². The van der Waals surface area contributed by atoms with Crippen LogP contribution in [0.15, 0.2) is 48.5 Å². The number of ether oxygens (including phenoxy) is 1. The van der Waals surface area contributed by atoms with Gasteiger partial charge in [-0.25, -0.2) is 4.79 Å². The number of benzene rings is 2. The molecule has 2 aromatic carbocycles. The molecule has 0 N–H and O–H groups in total. The van der Waals surface area contributed by atoms with Gasteiger partial charge >= 0.3 is 5.97 Å². The number of piperidine rings is 1. The predicted octanol–water partition coefficient (Wildman–Crippen LogP) is 4.79. The topological polar surface area (TPSA) is 46.6 Å². The van der Waals surface area contributed by atoms with E-state index in [2.05, 4.69) is 0 Å². The highest BCUT2D eigenvalue weighted by Gasteiger charge is 2.34. The van der Waals surface area contributed by atoms with Gasteiger partial charge in [0.05, 0.1) is 5.56 Å². The van der Waals surface area contributed by atoms with Gasteiger partial charge < -0.3 is 9.64 Å². The minimum absolute atomic E-state index is 0.104. The number of hydrogen-bond donors (Lipinski definition) is 0. The molecule has 2 aromatic rings. The third-order valence-corrected chi connectivity index (χ3v) is 6.98. The van der Waals surface area contributed by atoms with Crippen LogP contribution < -0.4 is 0 Å². The lowest BCUT2D eigenvalue weighted by Crippen LogP contribution is -2.44. The Morgan fingerprint density at radius 1 is 0.966 bits per heavy atom. The van der Waals surface area contributed by atoms with E-state index in [1.54, 1.807) is 12.1 Å². The van der Waals surface area contributed by atoms with Crippen molar-refractivity contribution in [3.8, 4) is 0 Å². The Kier molecular flexibility index (Phi) is 4.86. The third-order valence-electron chi connectivity index (χ3n) is 6.98. The van der Waals surface area contributed by atoms with E-state index in [1.807, 2.05) is 41.3 Å². The van der Waals surface area contributed by atoms with Crippen LogP contribution in [0.1, 0.15) is 70.1 Å². The van der Waals surface area contributed by atoms with E-state index in [0.717, 1.165) is 36.6 Å². The van der Waals surface area contributed by atoms with E-state index in [4.69, 9.17) is 4.74 Å². The first-order valence-electron chi connectivity index (χ1n) is 10.9. The Bertz CT molecular complexity index is 923. The molecule has 1 amide bonds. The Morgan fingerprint density at radius 2 is 1.76 bits per heavy atom. The van der Waals surface area contributed by atoms with Crippen LogP contribution in [0.2, 0.25) is 0 Å². The third kappa shape index (κ3) is 3.57. The van der Waals surface area contributed by atoms with E-state index >= 15 is 0 Å². The fourth-order valence-electron chi connectivity index (χ4n) is 5.35. The summed E-state index contributed by atoms with van der Waals surface area (Å²) in [7, 11) is 0. The second-order valence-electron chi connectivity index (χ2n) is 8.73. The molecule has 2 aliphatic heterocycles. The summed E-state index contributed by atoms with van der Waals surface area (Å²) in [6, 6.07) is 15.3. The maximum Gasteiger partial charge on any atom is 0.339 e. The van der Waals surface area contributed by atoms with Crippen LogP contribution in [-0.4, -0.2) is 29.9 Å². The molecule has 29 heavy (non-hydrogen) atoms. The van der Waals surface area contributed by atoms with Crippen molar-refractivity contribution in [2.75, 3.05) is 13.1 Å². The van der Waals surface area contributed by atoms with E-state index in [9.17, 15) is 9.59 Å². The van der Waals surface area contributed by atoms with E-state index in [0.29, 0.717) is 23.5 Å². The number of carbonyl (C=O) groups excluding carboxylic acids is 2. The van der Waals surface area contributed by atoms with Crippen LogP contribution in [-0.2, 0) is 11.2 Å². The zero-order valence-electron chi connectivity index (χ0n) is 16.7. The Morgan fingerprint density at radius 3 is 2.59 bits per heavy atom. The second kappa shape index (κ2) is 7.66. The number of nitrogens with zero attached hydrogens (tertiary/aromatic N) is 1. The lowest BCUT2D eigenvalue weighted by Gasteiger charge is -2.41. The number of carbonyl (C=O) groups is 2. The maximum atomic E-state index is 13.2. The SMILES string of the molecule is O=C1O[C@H](c2ccccc2)Cc2cc(C(=O)N3CC[C@@H]4CCCC[C@H]4C3)ccc21. The van der Waals surface area contributed by atoms with E-state index < -0.39 is 0 Å². The first-order chi connectivity index (χ1) is 14.2. The molecule has 150 valence electrons. The summed E-state index contributed by atoms with van der Waals surface area (Å²) in [6.45, 7) is 1.74. The molecule has 4 nitrogen and oxygen atoms in total. The average Bonchev–Trinajstić information content (AvgIpc) is 2.78. The number of amides is 1. The van der Waals surface area contributed by atoms with E-state index in [-0.39, 0.29) is 18.0 Å². The van der Waals surface area contributed by atoms with Crippen molar-refractivity contribution in [1.82, 2.24) is 4.90 Å². The summed E-state index contributed by atoms with van der Waals surface area (Å²) < 4.78 is 5.64. The van der Waals surface area contributed by atoms with Gasteiger partial charge in [-0.05, 0) is 54.0 Å². The van der Waals surface area contributed by atoms with Gasteiger partial charge in [0.25, 0.3) is 5.91 Å². The van der Waals surface area contributed by atoms with E-state index in [1.165, 1.54) is 25.7 Å². The molecule has 0 radical (unpaired) electrons. The molecule has 0 spiro atoms. The highest BCUT2D eigenvalue weighted by molar-refractivity contribution is 5.97. The highest BCUT2D eigenvalue weighted by atomic mass is 16.5. The standard InChI is InChI=1S/C25H27NO3/c27-24(26-13-12-17-6-4-5-9-20(17)16-26)19-10-11-22-21(14-19)15-23(29-25(22)28)18-7-2-1-3-8-18/h1-3,7-8,10-11,14,17,20,23H,4-6,9,12-13,15-16H2/t17-,20-,23-/m0/s1. The molecule has 1 saturated heterocycles. The first kappa shape index (κ1) is 18.4. The van der Waals surface area contributed by atoms with Crippen LogP contribution in [0.25, 0.3) is 0 Å². The number of esters is 1. The molecule has 2 heterocycles. The molecule has 3 atom stereocenters. The number of cyclic esters (lactones) is 1. The number of likely N-dealkylation sites (tertiary alicyclic amines) is 1. The van der Waals surface area contributed by atoms with Gasteiger partial charge in [0, 0.05) is 25.1 Å². The van der Waals surface area contributed by atoms with Crippen LogP contribution >= 0.6 is 0 Å². The zero-order chi connectivity index (χ0) is 19.8. The minimum atomic E-state index is -0.304. The molecule has 0 aromatic heterocycles. The molecule has 1 saturated carbocycles. The molecule has 1 aliphatic carbocycles. The summed E-state index contributed by atoms with van der Waals surface area (Å²) in [5.74, 6) is 1.27. The van der Waals surface area contributed by atoms with Crippen molar-refractivity contribution in [1.29, 1.82) is 0 Å². The molecule has 2 fully saturated rings. The van der Waals surface area contributed by atoms with Crippen molar-refractivity contribution in [3.05, 3.63) is 70.8 Å². The molecule has 0 bridgehead atoms. The maximum absolute atomic E-state index is 13.2. The summed E-state index contributed by atoms with van der Waals surface area (Å²) in [5, 5.41) is 0. The van der Waals surface area contributed by atoms with Gasteiger partial charge in [-0.3, -0.25) is 4.79 Å². The van der Waals surface area contributed by atoms with Crippen molar-refractivity contribution in [3.63, 3.8) is 0 Å². The van der Waals surface area contributed by atoms with Gasteiger partial charge in [0.1, 0.15) is 6.10 Å². The van der Waals surface area contributed by atoms with Crippen LogP contribution in [0, 0.1) is 11.8 Å². The smallest absolute Gasteiger partial charge is 0.339 e. The summed E-state index contributed by atoms with van der Waals surface area (Å²) >= 11 is 0. The minimum Gasteiger partial charge on any atom is -0.454 e. The zero-order valence-corrected chi connectivity index (χ0v) is 16.7. The molecule has 4 heteroatoms. The van der Waals surface area contributed by atoms with Crippen LogP contribution in [0.5, 0.6) is 0 Å². The fraction of sp³-hybridized carbons (Fsp3) is 0.440. The van der Waals surface area contributed by atoms with Gasteiger partial charge in [-0.15, -0.1) is 0 Å². The Labute approximate surface area is 171 Å². The Balaban J connectivity index is 1.36. The fourth-order valence-corrected chi connectivity index (χ4v) is 5.35. The van der Waals surface area contributed by atoms with Crippen molar-refractivity contribution >= 4 is 11.9 Å². The largest absolute Gasteiger partial charge is 0.454 e. The second-order valence-corrected chi connectivity index (χ2v) is 8.73. The van der Waals surface area contributed by atoms with Crippen LogP contribution in [0.3, 0.4) is 0 Å². The molecule has 3 aliphatic rings. The molecule has 5 rings (SSSR count). The van der Waals surface area contributed by atoms with Crippen molar-refractivity contribution < 1.29 is 14.3 Å². The summed E-state index contributed by atoms with van der Waals surface area (Å²) in [4.78, 5) is 27.7. The van der Waals surface area contributed by atoms with Crippen LogP contribution in [0.4, 0.5) is 0 Å². The lowest BCUT2D eigenvalue weighted by molar-refractivity contribution is 0.0251. The summed E-state index contributed by atoms with van der Waals surface area (Å²) in [5.41, 5.74) is 3.18. The molecular weight excluding hydrogens is 362 g/mol.